The molecular weight excluding hydrogens is 318 g/mol. The first-order valence-corrected chi connectivity index (χ1v) is 7.61. The van der Waals surface area contributed by atoms with E-state index in [2.05, 4.69) is 40.3 Å². The second-order valence-electron chi connectivity index (χ2n) is 3.75. The number of thiophene rings is 2. The van der Waals surface area contributed by atoms with E-state index in [4.69, 9.17) is 0 Å². The van der Waals surface area contributed by atoms with Gasteiger partial charge in [0, 0.05) is 9.75 Å². The van der Waals surface area contributed by atoms with Crippen LogP contribution in [-0.2, 0) is 0 Å². The van der Waals surface area contributed by atoms with Gasteiger partial charge < -0.3 is 5.32 Å². The van der Waals surface area contributed by atoms with Gasteiger partial charge in [0.25, 0.3) is 5.91 Å². The van der Waals surface area contributed by atoms with E-state index in [1.165, 1.54) is 21.1 Å². The van der Waals surface area contributed by atoms with E-state index in [0.29, 0.717) is 0 Å². The van der Waals surface area contributed by atoms with E-state index < -0.39 is 0 Å². The predicted octanol–water partition coefficient (Wildman–Crippen LogP) is 4.37. The molecule has 1 amide bonds. The maximum atomic E-state index is 11.9. The highest BCUT2D eigenvalue weighted by molar-refractivity contribution is 9.11. The van der Waals surface area contributed by atoms with E-state index in [-0.39, 0.29) is 11.9 Å². The molecule has 0 radical (unpaired) electrons. The van der Waals surface area contributed by atoms with Crippen molar-refractivity contribution >= 4 is 44.5 Å². The molecule has 0 aliphatic rings. The van der Waals surface area contributed by atoms with Crippen LogP contribution in [0, 0.1) is 6.92 Å². The van der Waals surface area contributed by atoms with Gasteiger partial charge in [-0.3, -0.25) is 4.79 Å². The quantitative estimate of drug-likeness (QED) is 0.889. The van der Waals surface area contributed by atoms with E-state index in [0.717, 1.165) is 8.66 Å². The lowest BCUT2D eigenvalue weighted by Gasteiger charge is -2.10. The second kappa shape index (κ2) is 5.33. The molecule has 0 saturated carbocycles. The molecule has 0 aliphatic carbocycles. The Morgan fingerprint density at radius 2 is 2.06 bits per heavy atom. The van der Waals surface area contributed by atoms with Crippen LogP contribution in [0.25, 0.3) is 0 Å². The fraction of sp³-hybridized carbons (Fsp3) is 0.250. The smallest absolute Gasteiger partial charge is 0.261 e. The zero-order valence-corrected chi connectivity index (χ0v) is 12.7. The van der Waals surface area contributed by atoms with Crippen molar-refractivity contribution in [3.8, 4) is 0 Å². The van der Waals surface area contributed by atoms with Gasteiger partial charge in [-0.25, -0.2) is 0 Å². The van der Waals surface area contributed by atoms with Crippen molar-refractivity contribution in [1.29, 1.82) is 0 Å². The Kier molecular flexibility index (Phi) is 4.01. The van der Waals surface area contributed by atoms with Gasteiger partial charge >= 0.3 is 0 Å². The van der Waals surface area contributed by atoms with E-state index in [9.17, 15) is 4.79 Å². The van der Waals surface area contributed by atoms with Gasteiger partial charge in [0.1, 0.15) is 0 Å². The van der Waals surface area contributed by atoms with Gasteiger partial charge in [-0.1, -0.05) is 0 Å². The summed E-state index contributed by atoms with van der Waals surface area (Å²) in [5, 5.41) is 3.00. The summed E-state index contributed by atoms with van der Waals surface area (Å²) in [4.78, 5) is 15.1. The Bertz CT molecular complexity index is 532. The SMILES string of the molecule is Cc1ccc(C(C)NC(=O)c2ccc(Br)s2)s1. The Morgan fingerprint density at radius 1 is 1.29 bits per heavy atom. The highest BCUT2D eigenvalue weighted by Gasteiger charge is 2.14. The van der Waals surface area contributed by atoms with Crippen molar-refractivity contribution < 1.29 is 4.79 Å². The largest absolute Gasteiger partial charge is 0.344 e. The molecule has 17 heavy (non-hydrogen) atoms. The van der Waals surface area contributed by atoms with Crippen molar-refractivity contribution in [2.45, 2.75) is 19.9 Å². The number of nitrogens with one attached hydrogen (secondary N) is 1. The normalized spacial score (nSPS) is 12.4. The van der Waals surface area contributed by atoms with Crippen LogP contribution in [0.1, 0.15) is 32.4 Å². The van der Waals surface area contributed by atoms with Gasteiger partial charge in [-0.15, -0.1) is 22.7 Å². The molecule has 2 rings (SSSR count). The summed E-state index contributed by atoms with van der Waals surface area (Å²) in [7, 11) is 0. The van der Waals surface area contributed by atoms with Crippen LogP contribution in [0.5, 0.6) is 0 Å². The Morgan fingerprint density at radius 3 is 2.59 bits per heavy atom. The summed E-state index contributed by atoms with van der Waals surface area (Å²) in [5.74, 6) is -0.0146. The molecule has 2 heterocycles. The van der Waals surface area contributed by atoms with Gasteiger partial charge in [-0.05, 0) is 54.0 Å². The van der Waals surface area contributed by atoms with Crippen LogP contribution >= 0.6 is 38.6 Å². The molecule has 0 aliphatic heterocycles. The highest BCUT2D eigenvalue weighted by atomic mass is 79.9. The third-order valence-electron chi connectivity index (χ3n) is 2.33. The average Bonchev–Trinajstić information content (AvgIpc) is 2.87. The van der Waals surface area contributed by atoms with E-state index >= 15 is 0 Å². The molecule has 0 bridgehead atoms. The van der Waals surface area contributed by atoms with Gasteiger partial charge in [0.15, 0.2) is 0 Å². The molecular formula is C12H12BrNOS2. The Balaban J connectivity index is 2.04. The molecule has 2 nitrogen and oxygen atoms in total. The first-order chi connectivity index (χ1) is 8.06. The average molecular weight is 330 g/mol. The molecule has 90 valence electrons. The first-order valence-electron chi connectivity index (χ1n) is 5.19. The van der Waals surface area contributed by atoms with Gasteiger partial charge in [0.2, 0.25) is 0 Å². The van der Waals surface area contributed by atoms with E-state index in [1.54, 1.807) is 11.3 Å². The number of aryl methyl sites for hydroxylation is 1. The number of rotatable bonds is 3. The maximum absolute atomic E-state index is 11.9. The second-order valence-corrected chi connectivity index (χ2v) is 7.53. The number of carbonyl (C=O) groups is 1. The number of hydrogen-bond donors (Lipinski definition) is 1. The lowest BCUT2D eigenvalue weighted by molar-refractivity contribution is 0.0944. The monoisotopic (exact) mass is 329 g/mol. The molecule has 0 aromatic carbocycles. The summed E-state index contributed by atoms with van der Waals surface area (Å²) in [6, 6.07) is 7.91. The third-order valence-corrected chi connectivity index (χ3v) is 5.14. The lowest BCUT2D eigenvalue weighted by atomic mass is 10.2. The van der Waals surface area contributed by atoms with Crippen LogP contribution in [-0.4, -0.2) is 5.91 Å². The van der Waals surface area contributed by atoms with Crippen molar-refractivity contribution in [1.82, 2.24) is 5.32 Å². The fourth-order valence-electron chi connectivity index (χ4n) is 1.46. The minimum atomic E-state index is -0.0146. The maximum Gasteiger partial charge on any atom is 0.261 e. The minimum Gasteiger partial charge on any atom is -0.344 e. The van der Waals surface area contributed by atoms with Crippen molar-refractivity contribution in [2.75, 3.05) is 0 Å². The minimum absolute atomic E-state index is 0.0146. The topological polar surface area (TPSA) is 29.1 Å². The van der Waals surface area contributed by atoms with Crippen molar-refractivity contribution in [2.24, 2.45) is 0 Å². The number of carbonyl (C=O) groups excluding carboxylic acids is 1. The van der Waals surface area contributed by atoms with Crippen molar-refractivity contribution in [3.63, 3.8) is 0 Å². The Hall–Kier alpha value is -0.650. The molecule has 2 aromatic rings. The predicted molar refractivity (Wildman–Crippen MR) is 77.0 cm³/mol. The number of hydrogen-bond acceptors (Lipinski definition) is 3. The summed E-state index contributed by atoms with van der Waals surface area (Å²) >= 11 is 6.52. The summed E-state index contributed by atoms with van der Waals surface area (Å²) in [6.07, 6.45) is 0. The molecule has 0 fully saturated rings. The van der Waals surface area contributed by atoms with Crippen LogP contribution < -0.4 is 5.32 Å². The van der Waals surface area contributed by atoms with E-state index in [1.807, 2.05) is 19.1 Å². The molecule has 5 heteroatoms. The van der Waals surface area contributed by atoms with Crippen LogP contribution in [0.2, 0.25) is 0 Å². The molecule has 1 unspecified atom stereocenters. The highest BCUT2D eigenvalue weighted by Crippen LogP contribution is 2.25. The number of halogens is 1. The van der Waals surface area contributed by atoms with Crippen LogP contribution in [0.4, 0.5) is 0 Å². The van der Waals surface area contributed by atoms with Gasteiger partial charge in [-0.2, -0.15) is 0 Å². The fourth-order valence-corrected chi connectivity index (χ4v) is 3.63. The standard InChI is InChI=1S/C12H12BrNOS2/c1-7-3-4-9(16-7)8(2)14-12(15)10-5-6-11(13)17-10/h3-6,8H,1-2H3,(H,14,15). The molecule has 0 spiro atoms. The molecule has 1 atom stereocenters. The van der Waals surface area contributed by atoms with Crippen LogP contribution in [0.3, 0.4) is 0 Å². The van der Waals surface area contributed by atoms with Crippen molar-refractivity contribution in [3.05, 3.63) is 42.7 Å². The molecule has 0 saturated heterocycles. The zero-order valence-electron chi connectivity index (χ0n) is 9.49. The summed E-state index contributed by atoms with van der Waals surface area (Å²) in [6.45, 7) is 4.07. The summed E-state index contributed by atoms with van der Waals surface area (Å²) < 4.78 is 0.974. The molecule has 2 aromatic heterocycles. The van der Waals surface area contributed by atoms with Crippen LogP contribution in [0.15, 0.2) is 28.1 Å². The first kappa shape index (κ1) is 12.8. The third kappa shape index (κ3) is 3.18. The lowest BCUT2D eigenvalue weighted by Crippen LogP contribution is -2.25. The summed E-state index contributed by atoms with van der Waals surface area (Å²) in [5.41, 5.74) is 0. The number of amides is 1. The van der Waals surface area contributed by atoms with Gasteiger partial charge in [0.05, 0.1) is 14.7 Å². The molecule has 1 N–H and O–H groups in total. The zero-order chi connectivity index (χ0) is 12.4. The Labute approximate surface area is 117 Å².